The summed E-state index contributed by atoms with van der Waals surface area (Å²) in [4.78, 5) is 12.9. The summed E-state index contributed by atoms with van der Waals surface area (Å²) in [5.41, 5.74) is 4.54. The van der Waals surface area contributed by atoms with Crippen LogP contribution < -0.4 is 10.1 Å². The highest BCUT2D eigenvalue weighted by Crippen LogP contribution is 2.31. The molecule has 0 aliphatic rings. The molecule has 0 heterocycles. The SMILES string of the molecule is Cc1cccc(C)c1NC(=O)/C(C#N)=C\c1ccc(OCc2ccccc2)c2ccccc12. The number of amides is 1. The van der Waals surface area contributed by atoms with Crippen LogP contribution in [0.4, 0.5) is 5.69 Å². The van der Waals surface area contributed by atoms with Gasteiger partial charge in [-0.3, -0.25) is 4.79 Å². The van der Waals surface area contributed by atoms with E-state index in [0.29, 0.717) is 6.61 Å². The minimum atomic E-state index is -0.427. The predicted octanol–water partition coefficient (Wildman–Crippen LogP) is 6.58. The number of hydrogen-bond acceptors (Lipinski definition) is 3. The molecule has 0 aromatic heterocycles. The van der Waals surface area contributed by atoms with Crippen LogP contribution in [0, 0.1) is 25.2 Å². The molecule has 4 aromatic rings. The van der Waals surface area contributed by atoms with Gasteiger partial charge in [-0.15, -0.1) is 0 Å². The molecule has 0 spiro atoms. The van der Waals surface area contributed by atoms with E-state index in [0.717, 1.165) is 44.5 Å². The van der Waals surface area contributed by atoms with Crippen molar-refractivity contribution in [3.63, 3.8) is 0 Å². The smallest absolute Gasteiger partial charge is 0.266 e. The zero-order valence-corrected chi connectivity index (χ0v) is 18.6. The van der Waals surface area contributed by atoms with Crippen molar-refractivity contribution < 1.29 is 9.53 Å². The Morgan fingerprint density at radius 2 is 1.55 bits per heavy atom. The summed E-state index contributed by atoms with van der Waals surface area (Å²) in [6, 6.07) is 29.4. The highest BCUT2D eigenvalue weighted by molar-refractivity contribution is 6.11. The lowest BCUT2D eigenvalue weighted by molar-refractivity contribution is -0.112. The Morgan fingerprint density at radius 1 is 0.879 bits per heavy atom. The van der Waals surface area contributed by atoms with Crippen molar-refractivity contribution in [2.24, 2.45) is 0 Å². The first-order chi connectivity index (χ1) is 16.1. The third kappa shape index (κ3) is 4.94. The maximum absolute atomic E-state index is 12.9. The standard InChI is InChI=1S/C29H24N2O2/c1-20-9-8-10-21(2)28(20)31-29(32)24(18-30)17-23-15-16-27(26-14-7-6-13-25(23)26)33-19-22-11-4-3-5-12-22/h3-17H,19H2,1-2H3,(H,31,32)/b24-17-. The molecular weight excluding hydrogens is 408 g/mol. The van der Waals surface area contributed by atoms with E-state index >= 15 is 0 Å². The Balaban J connectivity index is 1.64. The molecule has 162 valence electrons. The van der Waals surface area contributed by atoms with Crippen LogP contribution in [0.25, 0.3) is 16.8 Å². The van der Waals surface area contributed by atoms with Gasteiger partial charge in [-0.05, 0) is 53.6 Å². The van der Waals surface area contributed by atoms with Gasteiger partial charge in [-0.2, -0.15) is 5.26 Å². The summed E-state index contributed by atoms with van der Waals surface area (Å²) in [5, 5.41) is 14.4. The van der Waals surface area contributed by atoms with Crippen molar-refractivity contribution in [2.45, 2.75) is 20.5 Å². The molecule has 0 saturated carbocycles. The van der Waals surface area contributed by atoms with Crippen molar-refractivity contribution in [2.75, 3.05) is 5.32 Å². The number of rotatable bonds is 6. The zero-order chi connectivity index (χ0) is 23.2. The second kappa shape index (κ2) is 9.84. The average Bonchev–Trinajstić information content (AvgIpc) is 2.84. The number of para-hydroxylation sites is 1. The van der Waals surface area contributed by atoms with Gasteiger partial charge in [0.15, 0.2) is 0 Å². The normalized spacial score (nSPS) is 11.1. The molecule has 1 amide bonds. The minimum absolute atomic E-state index is 0.0424. The molecular formula is C29H24N2O2. The van der Waals surface area contributed by atoms with Crippen molar-refractivity contribution >= 4 is 28.4 Å². The second-order valence-electron chi connectivity index (χ2n) is 7.86. The summed E-state index contributed by atoms with van der Waals surface area (Å²) in [6.45, 7) is 4.32. The number of fused-ring (bicyclic) bond motifs is 1. The monoisotopic (exact) mass is 432 g/mol. The Hall–Kier alpha value is -4.36. The van der Waals surface area contributed by atoms with Crippen molar-refractivity contribution in [1.82, 2.24) is 0 Å². The maximum Gasteiger partial charge on any atom is 0.266 e. The van der Waals surface area contributed by atoms with Crippen LogP contribution in [-0.2, 0) is 11.4 Å². The largest absolute Gasteiger partial charge is 0.488 e. The van der Waals surface area contributed by atoms with Crippen LogP contribution in [0.1, 0.15) is 22.3 Å². The van der Waals surface area contributed by atoms with Gasteiger partial charge in [-0.25, -0.2) is 0 Å². The number of hydrogen-bond donors (Lipinski definition) is 1. The molecule has 4 heteroatoms. The molecule has 4 aromatic carbocycles. The number of nitrogens with one attached hydrogen (secondary N) is 1. The summed E-state index contributed by atoms with van der Waals surface area (Å²) >= 11 is 0. The molecule has 0 aliphatic carbocycles. The fourth-order valence-corrected chi connectivity index (χ4v) is 3.78. The molecule has 0 bridgehead atoms. The van der Waals surface area contributed by atoms with E-state index in [1.165, 1.54) is 0 Å². The van der Waals surface area contributed by atoms with E-state index in [2.05, 4.69) is 11.4 Å². The van der Waals surface area contributed by atoms with E-state index in [1.807, 2.05) is 98.8 Å². The minimum Gasteiger partial charge on any atom is -0.488 e. The number of carbonyl (C=O) groups excluding carboxylic acids is 1. The number of carbonyl (C=O) groups is 1. The van der Waals surface area contributed by atoms with Crippen molar-refractivity contribution in [1.29, 1.82) is 5.26 Å². The predicted molar refractivity (Wildman–Crippen MR) is 133 cm³/mol. The van der Waals surface area contributed by atoms with Crippen LogP contribution >= 0.6 is 0 Å². The van der Waals surface area contributed by atoms with Gasteiger partial charge in [0.2, 0.25) is 0 Å². The lowest BCUT2D eigenvalue weighted by Crippen LogP contribution is -2.15. The number of benzene rings is 4. The van der Waals surface area contributed by atoms with Crippen molar-refractivity contribution in [3.05, 3.63) is 113 Å². The fraction of sp³-hybridized carbons (Fsp3) is 0.103. The van der Waals surface area contributed by atoms with Crippen molar-refractivity contribution in [3.8, 4) is 11.8 Å². The number of aryl methyl sites for hydroxylation is 2. The Labute approximate surface area is 193 Å². The lowest BCUT2D eigenvalue weighted by Gasteiger charge is -2.13. The Bertz CT molecular complexity index is 1360. The van der Waals surface area contributed by atoms with Crippen LogP contribution in [0.15, 0.2) is 90.5 Å². The highest BCUT2D eigenvalue weighted by atomic mass is 16.5. The van der Waals surface area contributed by atoms with E-state index in [-0.39, 0.29) is 5.57 Å². The molecule has 4 nitrogen and oxygen atoms in total. The first-order valence-electron chi connectivity index (χ1n) is 10.7. The zero-order valence-electron chi connectivity index (χ0n) is 18.6. The number of nitriles is 1. The van der Waals surface area contributed by atoms with Gasteiger partial charge in [0, 0.05) is 11.1 Å². The first-order valence-corrected chi connectivity index (χ1v) is 10.7. The van der Waals surface area contributed by atoms with Crippen LogP contribution in [0.3, 0.4) is 0 Å². The van der Waals surface area contributed by atoms with E-state index < -0.39 is 5.91 Å². The van der Waals surface area contributed by atoms with Gasteiger partial charge in [-0.1, -0.05) is 78.9 Å². The summed E-state index contributed by atoms with van der Waals surface area (Å²) in [7, 11) is 0. The topological polar surface area (TPSA) is 62.1 Å². The van der Waals surface area contributed by atoms with Crippen LogP contribution in [0.2, 0.25) is 0 Å². The quantitative estimate of drug-likeness (QED) is 0.276. The molecule has 0 atom stereocenters. The molecule has 33 heavy (non-hydrogen) atoms. The van der Waals surface area contributed by atoms with Gasteiger partial charge >= 0.3 is 0 Å². The van der Waals surface area contributed by atoms with Gasteiger partial charge in [0.25, 0.3) is 5.91 Å². The molecule has 0 unspecified atom stereocenters. The maximum atomic E-state index is 12.9. The van der Waals surface area contributed by atoms with E-state index in [1.54, 1.807) is 6.08 Å². The first kappa shape index (κ1) is 21.9. The van der Waals surface area contributed by atoms with E-state index in [9.17, 15) is 10.1 Å². The second-order valence-corrected chi connectivity index (χ2v) is 7.86. The van der Waals surface area contributed by atoms with Gasteiger partial charge in [0.05, 0.1) is 0 Å². The lowest BCUT2D eigenvalue weighted by atomic mass is 10.0. The Kier molecular flexibility index (Phi) is 6.52. The molecule has 1 N–H and O–H groups in total. The van der Waals surface area contributed by atoms with Gasteiger partial charge in [0.1, 0.15) is 24.0 Å². The summed E-state index contributed by atoms with van der Waals surface area (Å²) in [6.07, 6.45) is 1.63. The highest BCUT2D eigenvalue weighted by Gasteiger charge is 2.14. The number of anilines is 1. The molecule has 0 aliphatic heterocycles. The molecule has 0 saturated heterocycles. The van der Waals surface area contributed by atoms with E-state index in [4.69, 9.17) is 4.74 Å². The molecule has 4 rings (SSSR count). The molecule has 0 fully saturated rings. The third-order valence-electron chi connectivity index (χ3n) is 5.54. The van der Waals surface area contributed by atoms with Crippen LogP contribution in [0.5, 0.6) is 5.75 Å². The third-order valence-corrected chi connectivity index (χ3v) is 5.54. The Morgan fingerprint density at radius 3 is 2.24 bits per heavy atom. The fourth-order valence-electron chi connectivity index (χ4n) is 3.78. The molecule has 0 radical (unpaired) electrons. The van der Waals surface area contributed by atoms with Gasteiger partial charge < -0.3 is 10.1 Å². The average molecular weight is 433 g/mol. The number of ether oxygens (including phenoxy) is 1. The summed E-state index contributed by atoms with van der Waals surface area (Å²) < 4.78 is 6.08. The number of nitrogens with zero attached hydrogens (tertiary/aromatic N) is 1. The summed E-state index contributed by atoms with van der Waals surface area (Å²) in [5.74, 6) is 0.327. The van der Waals surface area contributed by atoms with Crippen LogP contribution in [-0.4, -0.2) is 5.91 Å².